The number of rotatable bonds is 4. The van der Waals surface area contributed by atoms with Crippen LogP contribution in [0.15, 0.2) is 63.8 Å². The Hall–Kier alpha value is -2.90. The van der Waals surface area contributed by atoms with Gasteiger partial charge in [-0.1, -0.05) is 47.7 Å². The van der Waals surface area contributed by atoms with E-state index in [1.807, 2.05) is 24.3 Å². The van der Waals surface area contributed by atoms with E-state index in [0.29, 0.717) is 22.1 Å². The van der Waals surface area contributed by atoms with Crippen LogP contribution in [0.1, 0.15) is 0 Å². The first-order valence-electron chi connectivity index (χ1n) is 7.23. The first-order chi connectivity index (χ1) is 11.7. The Morgan fingerprint density at radius 3 is 2.38 bits per heavy atom. The first kappa shape index (κ1) is 16.0. The van der Waals surface area contributed by atoms with Crippen LogP contribution < -0.4 is 15.1 Å². The van der Waals surface area contributed by atoms with Gasteiger partial charge in [-0.05, 0) is 24.3 Å². The maximum absolute atomic E-state index is 11.5. The van der Waals surface area contributed by atoms with Crippen LogP contribution in [0, 0.1) is 11.8 Å². The van der Waals surface area contributed by atoms with Gasteiger partial charge in [0, 0.05) is 0 Å². The molecule has 3 rings (SSSR count). The number of fused-ring (bicyclic) bond motifs is 1. The zero-order valence-corrected chi connectivity index (χ0v) is 13.4. The third-order valence-corrected chi connectivity index (χ3v) is 3.49. The molecule has 0 bridgehead atoms. The Labute approximate surface area is 143 Å². The molecule has 0 radical (unpaired) electrons. The van der Waals surface area contributed by atoms with Crippen LogP contribution in [0.5, 0.6) is 11.5 Å². The molecule has 0 fully saturated rings. The van der Waals surface area contributed by atoms with Crippen LogP contribution >= 0.6 is 11.6 Å². The van der Waals surface area contributed by atoms with Crippen LogP contribution in [0.25, 0.3) is 11.0 Å². The largest absolute Gasteiger partial charge is 0.480 e. The van der Waals surface area contributed by atoms with Crippen molar-refractivity contribution in [3.8, 4) is 23.3 Å². The van der Waals surface area contributed by atoms with E-state index < -0.39 is 5.63 Å². The van der Waals surface area contributed by atoms with Crippen molar-refractivity contribution in [2.75, 3.05) is 13.2 Å². The molecule has 1 heterocycles. The van der Waals surface area contributed by atoms with E-state index in [4.69, 9.17) is 25.5 Å². The number of hydrogen-bond acceptors (Lipinski definition) is 4. The Bertz CT molecular complexity index is 966. The monoisotopic (exact) mass is 340 g/mol. The molecule has 0 amide bonds. The fourth-order valence-electron chi connectivity index (χ4n) is 2.09. The van der Waals surface area contributed by atoms with Gasteiger partial charge in [-0.15, -0.1) is 0 Å². The summed E-state index contributed by atoms with van der Waals surface area (Å²) >= 11 is 5.98. The third kappa shape index (κ3) is 3.89. The van der Waals surface area contributed by atoms with Gasteiger partial charge in [0.1, 0.15) is 30.3 Å². The van der Waals surface area contributed by atoms with Crippen molar-refractivity contribution in [3.05, 3.63) is 70.0 Å². The van der Waals surface area contributed by atoms with Crippen molar-refractivity contribution in [3.63, 3.8) is 0 Å². The predicted molar refractivity (Wildman–Crippen MR) is 92.7 cm³/mol. The minimum Gasteiger partial charge on any atom is -0.480 e. The van der Waals surface area contributed by atoms with Crippen molar-refractivity contribution in [2.24, 2.45) is 0 Å². The fraction of sp³-hybridized carbons (Fsp3) is 0.105. The normalized spacial score (nSPS) is 10.0. The van der Waals surface area contributed by atoms with Gasteiger partial charge in [0.15, 0.2) is 0 Å². The van der Waals surface area contributed by atoms with Crippen LogP contribution in [0.4, 0.5) is 0 Å². The van der Waals surface area contributed by atoms with Crippen molar-refractivity contribution < 1.29 is 13.9 Å². The standard InChI is InChI=1S/C19H13ClO4/c20-15-8-2-4-10-17(15)22-11-5-6-12-23-18-13-19(21)24-16-9-3-1-7-14(16)18/h1-4,7-10,13H,11-12H2. The molecule has 1 aromatic heterocycles. The minimum absolute atomic E-state index is 0.138. The Kier molecular flexibility index (Phi) is 5.05. The molecule has 0 saturated carbocycles. The number of hydrogen-bond donors (Lipinski definition) is 0. The van der Waals surface area contributed by atoms with Gasteiger partial charge in [-0.3, -0.25) is 0 Å². The van der Waals surface area contributed by atoms with Crippen molar-refractivity contribution >= 4 is 22.6 Å². The molecule has 4 nitrogen and oxygen atoms in total. The van der Waals surface area contributed by atoms with Gasteiger partial charge in [0.05, 0.1) is 16.5 Å². The van der Waals surface area contributed by atoms with Crippen LogP contribution in [-0.2, 0) is 0 Å². The molecule has 0 aliphatic heterocycles. The van der Waals surface area contributed by atoms with Gasteiger partial charge in [0.2, 0.25) is 0 Å². The van der Waals surface area contributed by atoms with Gasteiger partial charge in [-0.2, -0.15) is 0 Å². The highest BCUT2D eigenvalue weighted by Crippen LogP contribution is 2.23. The molecule has 0 unspecified atom stereocenters. The van der Waals surface area contributed by atoms with E-state index >= 15 is 0 Å². The third-order valence-electron chi connectivity index (χ3n) is 3.17. The maximum atomic E-state index is 11.5. The first-order valence-corrected chi connectivity index (χ1v) is 7.60. The molecule has 0 aliphatic rings. The van der Waals surface area contributed by atoms with E-state index in [0.717, 1.165) is 5.39 Å². The predicted octanol–water partition coefficient (Wildman–Crippen LogP) is 3.91. The summed E-state index contributed by atoms with van der Waals surface area (Å²) in [5.41, 5.74) is 0.0220. The summed E-state index contributed by atoms with van der Waals surface area (Å²) in [6, 6.07) is 15.7. The average molecular weight is 341 g/mol. The van der Waals surface area contributed by atoms with E-state index in [-0.39, 0.29) is 13.2 Å². The molecule has 0 saturated heterocycles. The van der Waals surface area contributed by atoms with E-state index in [2.05, 4.69) is 11.8 Å². The van der Waals surface area contributed by atoms with E-state index in [1.54, 1.807) is 24.3 Å². The van der Waals surface area contributed by atoms with Crippen molar-refractivity contribution in [2.45, 2.75) is 0 Å². The summed E-state index contributed by atoms with van der Waals surface area (Å²) < 4.78 is 16.1. The molecule has 0 aliphatic carbocycles. The van der Waals surface area contributed by atoms with Gasteiger partial charge >= 0.3 is 5.63 Å². The van der Waals surface area contributed by atoms with Crippen LogP contribution in [0.3, 0.4) is 0 Å². The van der Waals surface area contributed by atoms with Crippen LogP contribution in [0.2, 0.25) is 5.02 Å². The Morgan fingerprint density at radius 2 is 1.58 bits per heavy atom. The second kappa shape index (κ2) is 7.58. The Morgan fingerprint density at radius 1 is 0.917 bits per heavy atom. The molecule has 0 N–H and O–H groups in total. The lowest BCUT2D eigenvalue weighted by atomic mass is 10.2. The lowest BCUT2D eigenvalue weighted by Gasteiger charge is -2.05. The molecule has 0 atom stereocenters. The zero-order chi connectivity index (χ0) is 16.8. The summed E-state index contributed by atoms with van der Waals surface area (Å²) in [6.45, 7) is 0.337. The lowest BCUT2D eigenvalue weighted by Crippen LogP contribution is -2.02. The minimum atomic E-state index is -0.460. The number of ether oxygens (including phenoxy) is 2. The number of para-hydroxylation sites is 2. The molecule has 120 valence electrons. The molecule has 2 aromatic carbocycles. The topological polar surface area (TPSA) is 48.7 Å². The highest BCUT2D eigenvalue weighted by molar-refractivity contribution is 6.32. The van der Waals surface area contributed by atoms with E-state index in [9.17, 15) is 4.79 Å². The summed E-state index contributed by atoms with van der Waals surface area (Å²) in [5.74, 6) is 6.70. The summed E-state index contributed by atoms with van der Waals surface area (Å²) in [6.07, 6.45) is 0. The average Bonchev–Trinajstić information content (AvgIpc) is 2.59. The molecule has 0 spiro atoms. The quantitative estimate of drug-likeness (QED) is 0.533. The Balaban J connectivity index is 1.60. The zero-order valence-electron chi connectivity index (χ0n) is 12.6. The van der Waals surface area contributed by atoms with E-state index in [1.165, 1.54) is 6.07 Å². The molecular formula is C19H13ClO4. The molecule has 5 heteroatoms. The second-order valence-electron chi connectivity index (χ2n) is 4.79. The van der Waals surface area contributed by atoms with Gasteiger partial charge < -0.3 is 13.9 Å². The summed E-state index contributed by atoms with van der Waals surface area (Å²) in [5, 5.41) is 1.27. The highest BCUT2D eigenvalue weighted by atomic mass is 35.5. The van der Waals surface area contributed by atoms with Crippen molar-refractivity contribution in [1.82, 2.24) is 0 Å². The highest BCUT2D eigenvalue weighted by Gasteiger charge is 2.05. The molecule has 24 heavy (non-hydrogen) atoms. The number of halogens is 1. The smallest absolute Gasteiger partial charge is 0.339 e. The fourth-order valence-corrected chi connectivity index (χ4v) is 2.28. The SMILES string of the molecule is O=c1cc(OCC#CCOc2ccccc2Cl)c2ccccc2o1. The van der Waals surface area contributed by atoms with Crippen LogP contribution in [-0.4, -0.2) is 13.2 Å². The molecular weight excluding hydrogens is 328 g/mol. The molecule has 3 aromatic rings. The number of benzene rings is 2. The summed E-state index contributed by atoms with van der Waals surface area (Å²) in [4.78, 5) is 11.5. The summed E-state index contributed by atoms with van der Waals surface area (Å²) in [7, 11) is 0. The maximum Gasteiger partial charge on any atom is 0.339 e. The second-order valence-corrected chi connectivity index (χ2v) is 5.19. The lowest BCUT2D eigenvalue weighted by molar-refractivity contribution is 0.362. The van der Waals surface area contributed by atoms with Gasteiger partial charge in [0.25, 0.3) is 0 Å². The van der Waals surface area contributed by atoms with Crippen molar-refractivity contribution in [1.29, 1.82) is 0 Å². The van der Waals surface area contributed by atoms with Gasteiger partial charge in [-0.25, -0.2) is 4.79 Å².